The van der Waals surface area contributed by atoms with Crippen molar-refractivity contribution in [3.05, 3.63) is 23.8 Å². The molecule has 0 aromatic carbocycles. The molecule has 0 saturated heterocycles. The Balaban J connectivity index is 2.80. The van der Waals surface area contributed by atoms with Crippen LogP contribution in [0.25, 0.3) is 0 Å². The number of aromatic carboxylic acids is 1. The fourth-order valence-corrected chi connectivity index (χ4v) is 0.892. The quantitative estimate of drug-likeness (QED) is 0.747. The number of carboxylic acid groups (broad SMARTS) is 1. The number of hydrogen-bond acceptors (Lipinski definition) is 4. The molecule has 0 bridgehead atoms. The average molecular weight is 209 g/mol. The predicted molar refractivity (Wildman–Crippen MR) is 51.6 cm³/mol. The Bertz CT molecular complexity index is 373. The molecular weight excluding hydrogens is 198 g/mol. The fraction of sp³-hybridized carbons (Fsp3) is 0.333. The minimum Gasteiger partial charge on any atom is -0.476 e. The van der Waals surface area contributed by atoms with E-state index in [2.05, 4.69) is 15.3 Å². The van der Waals surface area contributed by atoms with Crippen LogP contribution in [-0.4, -0.2) is 33.0 Å². The van der Waals surface area contributed by atoms with Crippen LogP contribution in [0.1, 0.15) is 34.8 Å². The maximum absolute atomic E-state index is 11.4. The highest BCUT2D eigenvalue weighted by molar-refractivity contribution is 5.92. The van der Waals surface area contributed by atoms with Gasteiger partial charge in [-0.1, -0.05) is 0 Å². The molecule has 0 spiro atoms. The van der Waals surface area contributed by atoms with Crippen molar-refractivity contribution in [1.82, 2.24) is 15.3 Å². The molecule has 15 heavy (non-hydrogen) atoms. The average Bonchev–Trinajstić information content (AvgIpc) is 2.17. The lowest BCUT2D eigenvalue weighted by Crippen LogP contribution is -2.30. The molecule has 1 amide bonds. The zero-order valence-corrected chi connectivity index (χ0v) is 8.39. The summed E-state index contributed by atoms with van der Waals surface area (Å²) < 4.78 is 0. The van der Waals surface area contributed by atoms with Crippen LogP contribution in [0.2, 0.25) is 0 Å². The van der Waals surface area contributed by atoms with Crippen LogP contribution < -0.4 is 5.32 Å². The Morgan fingerprint density at radius 3 is 2.20 bits per heavy atom. The molecule has 80 valence electrons. The Kier molecular flexibility index (Phi) is 3.33. The highest BCUT2D eigenvalue weighted by Crippen LogP contribution is 1.96. The molecule has 2 N–H and O–H groups in total. The van der Waals surface area contributed by atoms with Gasteiger partial charge < -0.3 is 10.4 Å². The second kappa shape index (κ2) is 4.50. The Morgan fingerprint density at radius 1 is 1.27 bits per heavy atom. The summed E-state index contributed by atoms with van der Waals surface area (Å²) in [7, 11) is 0. The van der Waals surface area contributed by atoms with Gasteiger partial charge in [0.1, 0.15) is 5.69 Å². The number of amides is 1. The van der Waals surface area contributed by atoms with Crippen LogP contribution in [0.5, 0.6) is 0 Å². The first kappa shape index (κ1) is 11.1. The zero-order valence-electron chi connectivity index (χ0n) is 8.39. The maximum Gasteiger partial charge on any atom is 0.356 e. The van der Waals surface area contributed by atoms with Gasteiger partial charge in [-0.05, 0) is 13.8 Å². The summed E-state index contributed by atoms with van der Waals surface area (Å²) in [5.74, 6) is -1.53. The van der Waals surface area contributed by atoms with E-state index in [1.165, 1.54) is 0 Å². The summed E-state index contributed by atoms with van der Waals surface area (Å²) in [5, 5.41) is 11.2. The molecule has 1 rings (SSSR count). The Morgan fingerprint density at radius 2 is 1.80 bits per heavy atom. The number of nitrogens with zero attached hydrogens (tertiary/aromatic N) is 2. The van der Waals surface area contributed by atoms with Gasteiger partial charge in [0.25, 0.3) is 5.91 Å². The van der Waals surface area contributed by atoms with Crippen LogP contribution in [-0.2, 0) is 0 Å². The zero-order chi connectivity index (χ0) is 11.4. The van der Waals surface area contributed by atoms with E-state index in [-0.39, 0.29) is 23.3 Å². The van der Waals surface area contributed by atoms with E-state index in [1.807, 2.05) is 13.8 Å². The SMILES string of the molecule is CC(C)NC(=O)c1cnc(C(=O)O)cn1. The smallest absolute Gasteiger partial charge is 0.356 e. The van der Waals surface area contributed by atoms with Crippen LogP contribution in [0.15, 0.2) is 12.4 Å². The highest BCUT2D eigenvalue weighted by Gasteiger charge is 2.10. The molecule has 1 aromatic rings. The van der Waals surface area contributed by atoms with Crippen molar-refractivity contribution in [2.45, 2.75) is 19.9 Å². The highest BCUT2D eigenvalue weighted by atomic mass is 16.4. The molecule has 6 heteroatoms. The first-order valence-electron chi connectivity index (χ1n) is 4.37. The van der Waals surface area contributed by atoms with Gasteiger partial charge in [-0.25, -0.2) is 14.8 Å². The Labute approximate surface area is 86.4 Å². The third-order valence-corrected chi connectivity index (χ3v) is 1.52. The van der Waals surface area contributed by atoms with Gasteiger partial charge in [-0.15, -0.1) is 0 Å². The normalized spacial score (nSPS) is 10.1. The minimum absolute atomic E-state index is 0.00143. The van der Waals surface area contributed by atoms with Crippen LogP contribution in [0, 0.1) is 0 Å². The third-order valence-electron chi connectivity index (χ3n) is 1.52. The largest absolute Gasteiger partial charge is 0.476 e. The number of rotatable bonds is 3. The van der Waals surface area contributed by atoms with Gasteiger partial charge in [0.15, 0.2) is 5.69 Å². The second-order valence-corrected chi connectivity index (χ2v) is 3.22. The molecule has 6 nitrogen and oxygen atoms in total. The van der Waals surface area contributed by atoms with Gasteiger partial charge in [-0.3, -0.25) is 4.79 Å². The molecule has 0 fully saturated rings. The molecule has 0 aliphatic rings. The summed E-state index contributed by atoms with van der Waals surface area (Å²) in [4.78, 5) is 29.1. The maximum atomic E-state index is 11.4. The molecule has 0 unspecified atom stereocenters. The van der Waals surface area contributed by atoms with Crippen molar-refractivity contribution in [3.63, 3.8) is 0 Å². The van der Waals surface area contributed by atoms with E-state index in [0.717, 1.165) is 12.4 Å². The van der Waals surface area contributed by atoms with E-state index in [0.29, 0.717) is 0 Å². The first-order chi connectivity index (χ1) is 7.00. The lowest BCUT2D eigenvalue weighted by Gasteiger charge is -2.06. The minimum atomic E-state index is -1.17. The third kappa shape index (κ3) is 3.01. The second-order valence-electron chi connectivity index (χ2n) is 3.22. The van der Waals surface area contributed by atoms with E-state index in [1.54, 1.807) is 0 Å². The Hall–Kier alpha value is -1.98. The molecule has 0 saturated carbocycles. The van der Waals surface area contributed by atoms with Crippen LogP contribution in [0.4, 0.5) is 0 Å². The summed E-state index contributed by atoms with van der Waals surface area (Å²) in [6, 6.07) is -0.00143. The molecule has 0 atom stereocenters. The summed E-state index contributed by atoms with van der Waals surface area (Å²) in [5.41, 5.74) is -0.0789. The van der Waals surface area contributed by atoms with Gasteiger partial charge >= 0.3 is 5.97 Å². The molecule has 0 aliphatic carbocycles. The fourth-order valence-electron chi connectivity index (χ4n) is 0.892. The standard InChI is InChI=1S/C9H11N3O3/c1-5(2)12-8(13)6-3-11-7(4-10-6)9(14)15/h3-5H,1-2H3,(H,12,13)(H,14,15). The van der Waals surface area contributed by atoms with E-state index in [4.69, 9.17) is 5.11 Å². The molecule has 0 aliphatic heterocycles. The van der Waals surface area contributed by atoms with Crippen molar-refractivity contribution in [2.24, 2.45) is 0 Å². The van der Waals surface area contributed by atoms with Crippen LogP contribution >= 0.6 is 0 Å². The van der Waals surface area contributed by atoms with Crippen molar-refractivity contribution in [1.29, 1.82) is 0 Å². The van der Waals surface area contributed by atoms with Gasteiger partial charge in [0.05, 0.1) is 12.4 Å². The summed E-state index contributed by atoms with van der Waals surface area (Å²) >= 11 is 0. The lowest BCUT2D eigenvalue weighted by molar-refractivity contribution is 0.0689. The molecule has 1 aromatic heterocycles. The van der Waals surface area contributed by atoms with Crippen LogP contribution in [0.3, 0.4) is 0 Å². The summed E-state index contributed by atoms with van der Waals surface area (Å²) in [6.07, 6.45) is 2.19. The topological polar surface area (TPSA) is 92.2 Å². The van der Waals surface area contributed by atoms with E-state index in [9.17, 15) is 9.59 Å². The van der Waals surface area contributed by atoms with Crippen molar-refractivity contribution in [3.8, 4) is 0 Å². The number of carbonyl (C=O) groups is 2. The van der Waals surface area contributed by atoms with E-state index < -0.39 is 5.97 Å². The number of carboxylic acids is 1. The lowest BCUT2D eigenvalue weighted by atomic mass is 10.3. The number of carbonyl (C=O) groups excluding carboxylic acids is 1. The number of aromatic nitrogens is 2. The van der Waals surface area contributed by atoms with Gasteiger partial charge in [0.2, 0.25) is 0 Å². The van der Waals surface area contributed by atoms with Crippen molar-refractivity contribution in [2.75, 3.05) is 0 Å². The first-order valence-corrected chi connectivity index (χ1v) is 4.37. The molecule has 0 radical (unpaired) electrons. The predicted octanol–water partition coefficient (Wildman–Crippen LogP) is 0.313. The molecular formula is C9H11N3O3. The summed E-state index contributed by atoms with van der Waals surface area (Å²) in [6.45, 7) is 3.63. The van der Waals surface area contributed by atoms with E-state index >= 15 is 0 Å². The van der Waals surface area contributed by atoms with Crippen molar-refractivity contribution >= 4 is 11.9 Å². The number of nitrogens with one attached hydrogen (secondary N) is 1. The van der Waals surface area contributed by atoms with Gasteiger partial charge in [0, 0.05) is 6.04 Å². The number of hydrogen-bond donors (Lipinski definition) is 2. The monoisotopic (exact) mass is 209 g/mol. The molecule has 1 heterocycles. The van der Waals surface area contributed by atoms with Crippen molar-refractivity contribution < 1.29 is 14.7 Å². The van der Waals surface area contributed by atoms with Gasteiger partial charge in [-0.2, -0.15) is 0 Å².